The highest BCUT2D eigenvalue weighted by atomic mass is 19.1. The summed E-state index contributed by atoms with van der Waals surface area (Å²) in [6.45, 7) is 1.25. The van der Waals surface area contributed by atoms with E-state index < -0.39 is 30.3 Å². The zero-order chi connectivity index (χ0) is 20.7. The maximum absolute atomic E-state index is 13.7. The molecule has 0 aliphatic carbocycles. The molecular formula is C20H22FNO6. The average molecular weight is 391 g/mol. The Hall–Kier alpha value is -3.29. The molecule has 0 aliphatic heterocycles. The first-order valence-corrected chi connectivity index (χ1v) is 8.41. The van der Waals surface area contributed by atoms with Crippen LogP contribution in [0.4, 0.5) is 4.39 Å². The van der Waals surface area contributed by atoms with Crippen LogP contribution in [0, 0.1) is 5.82 Å². The van der Waals surface area contributed by atoms with E-state index in [-0.39, 0.29) is 11.3 Å². The lowest BCUT2D eigenvalue weighted by Gasteiger charge is -2.18. The van der Waals surface area contributed by atoms with E-state index in [0.29, 0.717) is 17.1 Å². The van der Waals surface area contributed by atoms with Gasteiger partial charge in [-0.1, -0.05) is 0 Å². The van der Waals surface area contributed by atoms with Crippen molar-refractivity contribution in [2.45, 2.75) is 13.0 Å². The van der Waals surface area contributed by atoms with Gasteiger partial charge in [0.1, 0.15) is 11.5 Å². The van der Waals surface area contributed by atoms with E-state index in [2.05, 4.69) is 5.32 Å². The predicted octanol–water partition coefficient (Wildman–Crippen LogP) is 2.89. The van der Waals surface area contributed by atoms with Gasteiger partial charge in [-0.15, -0.1) is 0 Å². The number of methoxy groups -OCH3 is 3. The Labute approximate surface area is 162 Å². The van der Waals surface area contributed by atoms with Crippen LogP contribution in [0.5, 0.6) is 17.2 Å². The third-order valence-electron chi connectivity index (χ3n) is 4.00. The maximum atomic E-state index is 13.7. The minimum absolute atomic E-state index is 0.00959. The third-order valence-corrected chi connectivity index (χ3v) is 4.00. The van der Waals surface area contributed by atoms with Crippen LogP contribution in [0.15, 0.2) is 36.4 Å². The first-order valence-electron chi connectivity index (χ1n) is 8.41. The summed E-state index contributed by atoms with van der Waals surface area (Å²) in [6.07, 6.45) is 0. The summed E-state index contributed by atoms with van der Waals surface area (Å²) in [7, 11) is 4.38. The molecule has 0 fully saturated rings. The number of carbonyl (C=O) groups is 2. The number of benzene rings is 2. The van der Waals surface area contributed by atoms with E-state index in [1.807, 2.05) is 0 Å². The lowest BCUT2D eigenvalue weighted by atomic mass is 10.1. The van der Waals surface area contributed by atoms with Gasteiger partial charge in [0.15, 0.2) is 18.2 Å². The third kappa shape index (κ3) is 5.12. The van der Waals surface area contributed by atoms with E-state index in [1.165, 1.54) is 33.5 Å². The van der Waals surface area contributed by atoms with Crippen molar-refractivity contribution in [3.8, 4) is 17.2 Å². The van der Waals surface area contributed by atoms with Gasteiger partial charge in [0, 0.05) is 5.56 Å². The molecule has 0 radical (unpaired) electrons. The van der Waals surface area contributed by atoms with Crippen LogP contribution in [-0.4, -0.2) is 39.8 Å². The van der Waals surface area contributed by atoms with Gasteiger partial charge in [-0.25, -0.2) is 9.18 Å². The number of ether oxygens (including phenoxy) is 4. The molecule has 2 aromatic carbocycles. The van der Waals surface area contributed by atoms with Gasteiger partial charge in [-0.3, -0.25) is 4.79 Å². The molecule has 0 saturated carbocycles. The summed E-state index contributed by atoms with van der Waals surface area (Å²) < 4.78 is 33.9. The van der Waals surface area contributed by atoms with Crippen molar-refractivity contribution < 1.29 is 32.9 Å². The molecule has 1 atom stereocenters. The topological polar surface area (TPSA) is 83.1 Å². The van der Waals surface area contributed by atoms with Crippen LogP contribution in [0.2, 0.25) is 0 Å². The maximum Gasteiger partial charge on any atom is 0.338 e. The van der Waals surface area contributed by atoms with Crippen LogP contribution < -0.4 is 19.5 Å². The standard InChI is InChI=1S/C20H22FNO6/c1-12(15-10-14(25-2)6-8-17(15)26-3)22-19(23)11-28-20(24)13-5-7-18(27-4)16(21)9-13/h5-10,12H,11H2,1-4H3,(H,22,23)/t12-/m1/s1. The molecule has 2 rings (SSSR count). The second kappa shape index (κ2) is 9.59. The fraction of sp³-hybridized carbons (Fsp3) is 0.300. The van der Waals surface area contributed by atoms with Crippen molar-refractivity contribution in [3.05, 3.63) is 53.3 Å². The monoisotopic (exact) mass is 391 g/mol. The number of carbonyl (C=O) groups excluding carboxylic acids is 2. The Bertz CT molecular complexity index is 855. The lowest BCUT2D eigenvalue weighted by molar-refractivity contribution is -0.124. The Balaban J connectivity index is 1.97. The second-order valence-corrected chi connectivity index (χ2v) is 5.82. The number of nitrogens with one attached hydrogen (secondary N) is 1. The van der Waals surface area contributed by atoms with E-state index in [0.717, 1.165) is 6.07 Å². The molecule has 0 unspecified atom stereocenters. The number of hydrogen-bond acceptors (Lipinski definition) is 6. The van der Waals surface area contributed by atoms with E-state index >= 15 is 0 Å². The minimum atomic E-state index is -0.816. The molecule has 28 heavy (non-hydrogen) atoms. The van der Waals surface area contributed by atoms with Gasteiger partial charge in [-0.05, 0) is 43.3 Å². The Kier molecular flexibility index (Phi) is 7.20. The normalized spacial score (nSPS) is 11.3. The Morgan fingerprint density at radius 2 is 1.68 bits per heavy atom. The van der Waals surface area contributed by atoms with Gasteiger partial charge >= 0.3 is 5.97 Å². The SMILES string of the molecule is COc1ccc(OC)c([C@@H](C)NC(=O)COC(=O)c2ccc(OC)c(F)c2)c1. The van der Waals surface area contributed by atoms with Gasteiger partial charge in [-0.2, -0.15) is 0 Å². The summed E-state index contributed by atoms with van der Waals surface area (Å²) in [5, 5.41) is 2.71. The van der Waals surface area contributed by atoms with Gasteiger partial charge in [0.05, 0.1) is 32.9 Å². The average Bonchev–Trinajstić information content (AvgIpc) is 2.71. The van der Waals surface area contributed by atoms with Crippen LogP contribution in [0.3, 0.4) is 0 Å². The smallest absolute Gasteiger partial charge is 0.338 e. The first-order chi connectivity index (χ1) is 13.4. The molecule has 150 valence electrons. The summed E-state index contributed by atoms with van der Waals surface area (Å²) in [4.78, 5) is 24.1. The van der Waals surface area contributed by atoms with Gasteiger partial charge in [0.2, 0.25) is 0 Å². The second-order valence-electron chi connectivity index (χ2n) is 5.82. The number of amides is 1. The predicted molar refractivity (Wildman–Crippen MR) is 99.3 cm³/mol. The van der Waals surface area contributed by atoms with Crippen molar-refractivity contribution in [1.29, 1.82) is 0 Å². The van der Waals surface area contributed by atoms with Crippen molar-refractivity contribution in [2.75, 3.05) is 27.9 Å². The minimum Gasteiger partial charge on any atom is -0.497 e. The molecule has 0 saturated heterocycles. The molecule has 8 heteroatoms. The van der Waals surface area contributed by atoms with Crippen molar-refractivity contribution in [2.24, 2.45) is 0 Å². The van der Waals surface area contributed by atoms with Crippen LogP contribution >= 0.6 is 0 Å². The number of hydrogen-bond donors (Lipinski definition) is 1. The Morgan fingerprint density at radius 1 is 1.00 bits per heavy atom. The number of esters is 1. The quantitative estimate of drug-likeness (QED) is 0.697. The first kappa shape index (κ1) is 21.0. The Morgan fingerprint density at radius 3 is 2.29 bits per heavy atom. The van der Waals surface area contributed by atoms with Crippen LogP contribution in [0.1, 0.15) is 28.9 Å². The summed E-state index contributed by atoms with van der Waals surface area (Å²) in [6, 6.07) is 8.45. The van der Waals surface area contributed by atoms with Crippen molar-refractivity contribution >= 4 is 11.9 Å². The van der Waals surface area contributed by atoms with Crippen molar-refractivity contribution in [1.82, 2.24) is 5.32 Å². The molecule has 0 heterocycles. The lowest BCUT2D eigenvalue weighted by Crippen LogP contribution is -2.31. The zero-order valence-electron chi connectivity index (χ0n) is 16.1. The fourth-order valence-corrected chi connectivity index (χ4v) is 2.55. The molecule has 0 bridgehead atoms. The van der Waals surface area contributed by atoms with E-state index in [4.69, 9.17) is 18.9 Å². The largest absolute Gasteiger partial charge is 0.497 e. The molecule has 1 amide bonds. The summed E-state index contributed by atoms with van der Waals surface area (Å²) in [5.74, 6) is -0.817. The van der Waals surface area contributed by atoms with Crippen LogP contribution in [0.25, 0.3) is 0 Å². The molecule has 0 aromatic heterocycles. The number of rotatable bonds is 8. The molecule has 2 aromatic rings. The highest BCUT2D eigenvalue weighted by molar-refractivity contribution is 5.91. The highest BCUT2D eigenvalue weighted by Crippen LogP contribution is 2.29. The summed E-state index contributed by atoms with van der Waals surface area (Å²) in [5.41, 5.74) is 0.687. The molecule has 1 N–H and O–H groups in total. The zero-order valence-corrected chi connectivity index (χ0v) is 16.1. The van der Waals surface area contributed by atoms with E-state index in [1.54, 1.807) is 25.1 Å². The van der Waals surface area contributed by atoms with Gasteiger partial charge < -0.3 is 24.3 Å². The van der Waals surface area contributed by atoms with Gasteiger partial charge in [0.25, 0.3) is 5.91 Å². The van der Waals surface area contributed by atoms with E-state index in [9.17, 15) is 14.0 Å². The van der Waals surface area contributed by atoms with Crippen molar-refractivity contribution in [3.63, 3.8) is 0 Å². The fourth-order valence-electron chi connectivity index (χ4n) is 2.55. The molecular weight excluding hydrogens is 369 g/mol. The summed E-state index contributed by atoms with van der Waals surface area (Å²) >= 11 is 0. The highest BCUT2D eigenvalue weighted by Gasteiger charge is 2.17. The van der Waals surface area contributed by atoms with Crippen LogP contribution in [-0.2, 0) is 9.53 Å². The number of halogens is 1. The molecule has 0 spiro atoms. The molecule has 7 nitrogen and oxygen atoms in total. The molecule has 0 aliphatic rings.